The average Bonchev–Trinajstić information content (AvgIpc) is 2.43. The van der Waals surface area contributed by atoms with Gasteiger partial charge in [-0.05, 0) is 43.7 Å². The highest BCUT2D eigenvalue weighted by molar-refractivity contribution is 6.05. The first-order chi connectivity index (χ1) is 9.88. The minimum atomic E-state index is -1.22. The summed E-state index contributed by atoms with van der Waals surface area (Å²) in [6, 6.07) is 8.77. The van der Waals surface area contributed by atoms with E-state index in [9.17, 15) is 14.0 Å². The van der Waals surface area contributed by atoms with E-state index in [1.165, 1.54) is 12.1 Å². The van der Waals surface area contributed by atoms with Gasteiger partial charge in [0.25, 0.3) is 5.91 Å². The lowest BCUT2D eigenvalue weighted by molar-refractivity contribution is 0.0696. The van der Waals surface area contributed by atoms with Crippen LogP contribution >= 0.6 is 0 Å². The second-order valence-electron chi connectivity index (χ2n) is 4.77. The number of carbonyl (C=O) groups is 2. The van der Waals surface area contributed by atoms with Crippen LogP contribution in [0.1, 0.15) is 31.8 Å². The van der Waals surface area contributed by atoms with Crippen LogP contribution in [0.4, 0.5) is 10.1 Å². The first kappa shape index (κ1) is 14.7. The molecule has 0 aromatic heterocycles. The highest BCUT2D eigenvalue weighted by Gasteiger charge is 2.13. The first-order valence-corrected chi connectivity index (χ1v) is 6.30. The molecule has 0 aliphatic carbocycles. The predicted octanol–water partition coefficient (Wildman–Crippen LogP) is 3.39. The SMILES string of the molecule is Cc1ccc(C)c(C(=O)Nc2ccc(C(=O)O)cc2F)c1. The number of carboxylic acid groups (broad SMARTS) is 1. The Balaban J connectivity index is 2.27. The standard InChI is InChI=1S/C16H14FNO3/c1-9-3-4-10(2)12(7-9)15(19)18-14-6-5-11(16(20)21)8-13(14)17/h3-8H,1-2H3,(H,18,19)(H,20,21). The molecule has 0 aliphatic heterocycles. The lowest BCUT2D eigenvalue weighted by atomic mass is 10.0. The van der Waals surface area contributed by atoms with Crippen LogP contribution in [0.25, 0.3) is 0 Å². The van der Waals surface area contributed by atoms with Crippen LogP contribution in [-0.4, -0.2) is 17.0 Å². The molecular weight excluding hydrogens is 273 g/mol. The second kappa shape index (κ2) is 5.75. The van der Waals surface area contributed by atoms with Gasteiger partial charge in [0, 0.05) is 5.56 Å². The van der Waals surface area contributed by atoms with Crippen LogP contribution in [0.3, 0.4) is 0 Å². The molecular formula is C16H14FNO3. The Morgan fingerprint density at radius 1 is 1.10 bits per heavy atom. The van der Waals surface area contributed by atoms with Crippen LogP contribution in [0.15, 0.2) is 36.4 Å². The zero-order valence-corrected chi connectivity index (χ0v) is 11.6. The number of aromatic carboxylic acids is 1. The van der Waals surface area contributed by atoms with Crippen LogP contribution in [-0.2, 0) is 0 Å². The van der Waals surface area contributed by atoms with Gasteiger partial charge in [-0.15, -0.1) is 0 Å². The van der Waals surface area contributed by atoms with Gasteiger partial charge in [-0.25, -0.2) is 9.18 Å². The fraction of sp³-hybridized carbons (Fsp3) is 0.125. The van der Waals surface area contributed by atoms with E-state index in [1.54, 1.807) is 13.0 Å². The number of hydrogen-bond acceptors (Lipinski definition) is 2. The highest BCUT2D eigenvalue weighted by atomic mass is 19.1. The molecule has 0 aliphatic rings. The number of hydrogen-bond donors (Lipinski definition) is 2. The molecule has 0 spiro atoms. The molecule has 0 saturated heterocycles. The highest BCUT2D eigenvalue weighted by Crippen LogP contribution is 2.18. The Labute approximate surface area is 121 Å². The molecule has 2 aromatic rings. The molecule has 0 fully saturated rings. The molecule has 5 heteroatoms. The second-order valence-corrected chi connectivity index (χ2v) is 4.77. The summed E-state index contributed by atoms with van der Waals surface area (Å²) in [6.45, 7) is 3.65. The predicted molar refractivity (Wildman–Crippen MR) is 77.2 cm³/mol. The summed E-state index contributed by atoms with van der Waals surface area (Å²) in [5.41, 5.74) is 1.94. The minimum Gasteiger partial charge on any atom is -0.478 e. The van der Waals surface area contributed by atoms with E-state index in [4.69, 9.17) is 5.11 Å². The van der Waals surface area contributed by atoms with Crippen molar-refractivity contribution in [2.75, 3.05) is 5.32 Å². The molecule has 2 aromatic carbocycles. The van der Waals surface area contributed by atoms with Crippen molar-refractivity contribution in [3.8, 4) is 0 Å². The molecule has 21 heavy (non-hydrogen) atoms. The topological polar surface area (TPSA) is 66.4 Å². The molecule has 0 atom stereocenters. The average molecular weight is 287 g/mol. The summed E-state index contributed by atoms with van der Waals surface area (Å²) in [5.74, 6) is -2.44. The van der Waals surface area contributed by atoms with E-state index < -0.39 is 17.7 Å². The first-order valence-electron chi connectivity index (χ1n) is 6.30. The van der Waals surface area contributed by atoms with Crippen molar-refractivity contribution in [1.29, 1.82) is 0 Å². The van der Waals surface area contributed by atoms with E-state index in [-0.39, 0.29) is 11.3 Å². The van der Waals surface area contributed by atoms with Gasteiger partial charge in [-0.3, -0.25) is 4.79 Å². The van der Waals surface area contributed by atoms with Crippen LogP contribution in [0.2, 0.25) is 0 Å². The molecule has 2 rings (SSSR count). The zero-order valence-electron chi connectivity index (χ0n) is 11.6. The Bertz CT molecular complexity index is 725. The van der Waals surface area contributed by atoms with Gasteiger partial charge in [0.15, 0.2) is 0 Å². The largest absolute Gasteiger partial charge is 0.478 e. The van der Waals surface area contributed by atoms with Crippen molar-refractivity contribution in [2.24, 2.45) is 0 Å². The molecule has 4 nitrogen and oxygen atoms in total. The Hall–Kier alpha value is -2.69. The number of nitrogens with one attached hydrogen (secondary N) is 1. The summed E-state index contributed by atoms with van der Waals surface area (Å²) >= 11 is 0. The maximum Gasteiger partial charge on any atom is 0.335 e. The van der Waals surface area contributed by atoms with Gasteiger partial charge in [0.1, 0.15) is 5.82 Å². The Kier molecular flexibility index (Phi) is 4.03. The number of aryl methyl sites for hydroxylation is 2. The normalized spacial score (nSPS) is 10.2. The molecule has 2 N–H and O–H groups in total. The minimum absolute atomic E-state index is 0.0501. The fourth-order valence-corrected chi connectivity index (χ4v) is 1.92. The number of anilines is 1. The lowest BCUT2D eigenvalue weighted by Crippen LogP contribution is -2.15. The number of halogens is 1. The van der Waals surface area contributed by atoms with Crippen molar-refractivity contribution in [2.45, 2.75) is 13.8 Å². The maximum absolute atomic E-state index is 13.8. The van der Waals surface area contributed by atoms with Gasteiger partial charge >= 0.3 is 5.97 Å². The summed E-state index contributed by atoms with van der Waals surface area (Å²) in [6.07, 6.45) is 0. The summed E-state index contributed by atoms with van der Waals surface area (Å²) in [5, 5.41) is 11.2. The van der Waals surface area contributed by atoms with Crippen molar-refractivity contribution < 1.29 is 19.1 Å². The molecule has 108 valence electrons. The van der Waals surface area contributed by atoms with Crippen LogP contribution in [0, 0.1) is 19.7 Å². The van der Waals surface area contributed by atoms with E-state index in [0.29, 0.717) is 5.56 Å². The van der Waals surface area contributed by atoms with E-state index >= 15 is 0 Å². The summed E-state index contributed by atoms with van der Waals surface area (Å²) < 4.78 is 13.8. The third kappa shape index (κ3) is 3.25. The molecule has 0 unspecified atom stereocenters. The smallest absolute Gasteiger partial charge is 0.335 e. The van der Waals surface area contributed by atoms with Crippen molar-refractivity contribution in [1.82, 2.24) is 0 Å². The van der Waals surface area contributed by atoms with Crippen molar-refractivity contribution in [3.05, 3.63) is 64.5 Å². The van der Waals surface area contributed by atoms with Crippen LogP contribution in [0.5, 0.6) is 0 Å². The fourth-order valence-electron chi connectivity index (χ4n) is 1.92. The molecule has 0 radical (unpaired) electrons. The zero-order chi connectivity index (χ0) is 15.6. The van der Waals surface area contributed by atoms with Gasteiger partial charge in [-0.1, -0.05) is 17.7 Å². The monoisotopic (exact) mass is 287 g/mol. The molecule has 1 amide bonds. The van der Waals surface area contributed by atoms with Gasteiger partial charge in [0.2, 0.25) is 0 Å². The Morgan fingerprint density at radius 3 is 2.43 bits per heavy atom. The van der Waals surface area contributed by atoms with E-state index in [0.717, 1.165) is 17.2 Å². The number of benzene rings is 2. The summed E-state index contributed by atoms with van der Waals surface area (Å²) in [7, 11) is 0. The number of amides is 1. The van der Waals surface area contributed by atoms with Gasteiger partial charge in [-0.2, -0.15) is 0 Å². The molecule has 0 heterocycles. The third-order valence-corrected chi connectivity index (χ3v) is 3.10. The lowest BCUT2D eigenvalue weighted by Gasteiger charge is -2.09. The molecule has 0 saturated carbocycles. The maximum atomic E-state index is 13.8. The summed E-state index contributed by atoms with van der Waals surface area (Å²) in [4.78, 5) is 22.9. The quantitative estimate of drug-likeness (QED) is 0.909. The van der Waals surface area contributed by atoms with Crippen molar-refractivity contribution in [3.63, 3.8) is 0 Å². The van der Waals surface area contributed by atoms with Gasteiger partial charge < -0.3 is 10.4 Å². The Morgan fingerprint density at radius 2 is 1.81 bits per heavy atom. The van der Waals surface area contributed by atoms with Gasteiger partial charge in [0.05, 0.1) is 11.3 Å². The number of carboxylic acids is 1. The number of rotatable bonds is 3. The number of carbonyl (C=O) groups excluding carboxylic acids is 1. The third-order valence-electron chi connectivity index (χ3n) is 3.10. The molecule has 0 bridgehead atoms. The van der Waals surface area contributed by atoms with Crippen LogP contribution < -0.4 is 5.32 Å². The van der Waals surface area contributed by atoms with E-state index in [1.807, 2.05) is 19.1 Å². The van der Waals surface area contributed by atoms with E-state index in [2.05, 4.69) is 5.32 Å². The van der Waals surface area contributed by atoms with Crippen molar-refractivity contribution >= 4 is 17.6 Å².